The summed E-state index contributed by atoms with van der Waals surface area (Å²) in [7, 11) is 1.63. The molecule has 4 aromatic rings. The van der Waals surface area contributed by atoms with Crippen LogP contribution in [0.15, 0.2) is 59.4 Å². The van der Waals surface area contributed by atoms with E-state index in [1.54, 1.807) is 19.7 Å². The Balaban J connectivity index is 0.000000207. The number of anilines is 2. The second kappa shape index (κ2) is 12.0. The fourth-order valence-electron chi connectivity index (χ4n) is 3.90. The first-order valence-electron chi connectivity index (χ1n) is 11.4. The first-order valence-corrected chi connectivity index (χ1v) is 14.9. The molecule has 37 heavy (non-hydrogen) atoms. The van der Waals surface area contributed by atoms with E-state index >= 15 is 0 Å². The van der Waals surface area contributed by atoms with Gasteiger partial charge < -0.3 is 16.8 Å². The summed E-state index contributed by atoms with van der Waals surface area (Å²) in [6.07, 6.45) is 4.28. The minimum absolute atomic E-state index is 0.0601. The molecule has 0 atom stereocenters. The standard InChI is InChI=1S/C19H15IN2OS.C7H9N5O/c1-2-17-21-16-12-6-8-14(9-7-13-24-20)18(16)19(23)22(17)15-10-4-3-5-11-15;8-5-4(6(9)13)7-10-2-1-3-12(7)11-5/h3-6,8,10-12H,2,13H2,1H3;1,3,10H,2H2,(H2,8,11)(H2,9,13). The molecule has 0 saturated heterocycles. The molecule has 0 radical (unpaired) electrons. The van der Waals surface area contributed by atoms with Crippen LogP contribution >= 0.6 is 30.1 Å². The number of carbonyl (C=O) groups is 1. The van der Waals surface area contributed by atoms with Gasteiger partial charge in [-0.25, -0.2) is 9.67 Å². The summed E-state index contributed by atoms with van der Waals surface area (Å²) in [5.41, 5.74) is 13.1. The average Bonchev–Trinajstić information content (AvgIpc) is 3.25. The van der Waals surface area contributed by atoms with Crippen molar-refractivity contribution in [2.75, 3.05) is 23.3 Å². The van der Waals surface area contributed by atoms with Gasteiger partial charge in [-0.1, -0.05) is 52.0 Å². The van der Waals surface area contributed by atoms with E-state index in [0.29, 0.717) is 29.7 Å². The lowest BCUT2D eigenvalue weighted by Crippen LogP contribution is -2.24. The lowest BCUT2D eigenvalue weighted by atomic mass is 10.1. The number of nitrogens with zero attached hydrogens (tertiary/aromatic N) is 4. The third kappa shape index (κ3) is 5.65. The summed E-state index contributed by atoms with van der Waals surface area (Å²) in [6.45, 7) is 2.65. The van der Waals surface area contributed by atoms with Crippen molar-refractivity contribution in [3.63, 3.8) is 0 Å². The van der Waals surface area contributed by atoms with Crippen LogP contribution in [0.4, 0.5) is 11.6 Å². The lowest BCUT2D eigenvalue weighted by molar-refractivity contribution is 0.100. The Morgan fingerprint density at radius 2 is 2.00 bits per heavy atom. The number of nitrogens with one attached hydrogen (secondary N) is 1. The van der Waals surface area contributed by atoms with Gasteiger partial charge in [-0.2, -0.15) is 0 Å². The van der Waals surface area contributed by atoms with Crippen LogP contribution in [-0.2, 0) is 6.42 Å². The van der Waals surface area contributed by atoms with Crippen molar-refractivity contribution >= 4 is 64.8 Å². The largest absolute Gasteiger partial charge is 0.381 e. The predicted octanol–water partition coefficient (Wildman–Crippen LogP) is 3.84. The van der Waals surface area contributed by atoms with Crippen LogP contribution in [0.2, 0.25) is 0 Å². The molecule has 5 N–H and O–H groups in total. The highest BCUT2D eigenvalue weighted by Crippen LogP contribution is 2.23. The number of carbonyl (C=O) groups excluding carboxylic acids is 1. The molecule has 2 aromatic carbocycles. The van der Waals surface area contributed by atoms with E-state index in [2.05, 4.69) is 43.5 Å². The molecule has 9 nitrogen and oxygen atoms in total. The van der Waals surface area contributed by atoms with Crippen molar-refractivity contribution in [1.29, 1.82) is 0 Å². The summed E-state index contributed by atoms with van der Waals surface area (Å²) >= 11 is 2.21. The molecular formula is C26H24IN7O2S. The molecule has 1 aliphatic heterocycles. The Kier molecular flexibility index (Phi) is 8.52. The van der Waals surface area contributed by atoms with Crippen molar-refractivity contribution in [1.82, 2.24) is 19.3 Å². The zero-order valence-electron chi connectivity index (χ0n) is 19.9. The number of hydrogen-bond acceptors (Lipinski definition) is 7. The number of benzene rings is 2. The Morgan fingerprint density at radius 1 is 1.22 bits per heavy atom. The van der Waals surface area contributed by atoms with Crippen LogP contribution < -0.4 is 22.3 Å². The normalized spacial score (nSPS) is 11.5. The van der Waals surface area contributed by atoms with Gasteiger partial charge in [0.2, 0.25) is 0 Å². The summed E-state index contributed by atoms with van der Waals surface area (Å²) in [4.78, 5) is 28.9. The van der Waals surface area contributed by atoms with E-state index in [4.69, 9.17) is 16.5 Å². The fraction of sp³-hybridized carbons (Fsp3) is 0.154. The van der Waals surface area contributed by atoms with E-state index in [1.807, 2.05) is 61.5 Å². The monoisotopic (exact) mass is 625 g/mol. The maximum absolute atomic E-state index is 13.2. The summed E-state index contributed by atoms with van der Waals surface area (Å²) < 4.78 is 3.19. The van der Waals surface area contributed by atoms with Crippen LogP contribution in [0.3, 0.4) is 0 Å². The molecule has 0 fully saturated rings. The highest BCUT2D eigenvalue weighted by molar-refractivity contribution is 14.2. The quantitative estimate of drug-likeness (QED) is 0.232. The molecule has 1 amide bonds. The van der Waals surface area contributed by atoms with E-state index < -0.39 is 5.91 Å². The average molecular weight is 625 g/mol. The molecule has 0 aliphatic carbocycles. The Labute approximate surface area is 229 Å². The highest BCUT2D eigenvalue weighted by atomic mass is 127. The summed E-state index contributed by atoms with van der Waals surface area (Å²) in [5, 5.41) is 7.47. The number of amides is 1. The van der Waals surface area contributed by atoms with Gasteiger partial charge in [0.1, 0.15) is 17.2 Å². The van der Waals surface area contributed by atoms with Crippen molar-refractivity contribution in [2.45, 2.75) is 13.3 Å². The molecule has 1 aliphatic rings. The predicted molar refractivity (Wildman–Crippen MR) is 159 cm³/mol. The Bertz CT molecular complexity index is 1600. The number of rotatable bonds is 4. The van der Waals surface area contributed by atoms with Gasteiger partial charge in [0.15, 0.2) is 5.82 Å². The number of fused-ring (bicyclic) bond motifs is 2. The number of primary amides is 1. The van der Waals surface area contributed by atoms with Crippen LogP contribution in [0.1, 0.15) is 28.7 Å². The number of hydrogen-bond donors (Lipinski definition) is 3. The van der Waals surface area contributed by atoms with Crippen molar-refractivity contribution in [3.05, 3.63) is 81.9 Å². The summed E-state index contributed by atoms with van der Waals surface area (Å²) in [5.74, 6) is 7.84. The summed E-state index contributed by atoms with van der Waals surface area (Å²) in [6, 6.07) is 15.3. The number of aromatic nitrogens is 4. The van der Waals surface area contributed by atoms with Crippen molar-refractivity contribution in [3.8, 4) is 17.5 Å². The van der Waals surface area contributed by atoms with E-state index in [-0.39, 0.29) is 16.9 Å². The molecule has 0 spiro atoms. The number of nitrogen functional groups attached to an aromatic ring is 1. The van der Waals surface area contributed by atoms with Gasteiger partial charge in [-0.05, 0) is 51.5 Å². The van der Waals surface area contributed by atoms with Crippen LogP contribution in [-0.4, -0.2) is 37.5 Å². The van der Waals surface area contributed by atoms with Crippen LogP contribution in [0.5, 0.6) is 0 Å². The molecular weight excluding hydrogens is 601 g/mol. The number of halogens is 1. The van der Waals surface area contributed by atoms with E-state index in [1.165, 1.54) is 4.68 Å². The van der Waals surface area contributed by atoms with Gasteiger partial charge in [0.25, 0.3) is 11.5 Å². The first-order chi connectivity index (χ1) is 18.0. The molecule has 0 unspecified atom stereocenters. The Hall–Kier alpha value is -3.76. The SMILES string of the molecule is CCc1nc2cccc(C#CCSI)c2c(=O)n1-c1ccccc1.NC(=O)c1c(N)nn2c1NCC=C2. The Morgan fingerprint density at radius 3 is 2.70 bits per heavy atom. The molecule has 5 rings (SSSR count). The smallest absolute Gasteiger partial charge is 0.267 e. The van der Waals surface area contributed by atoms with Gasteiger partial charge in [-0.3, -0.25) is 14.2 Å². The molecule has 3 heterocycles. The molecule has 0 saturated carbocycles. The molecule has 188 valence electrons. The minimum Gasteiger partial charge on any atom is -0.381 e. The van der Waals surface area contributed by atoms with E-state index in [0.717, 1.165) is 22.8 Å². The van der Waals surface area contributed by atoms with Gasteiger partial charge in [0, 0.05) is 24.7 Å². The first kappa shape index (κ1) is 26.3. The number of para-hydroxylation sites is 1. The third-order valence-corrected chi connectivity index (χ3v) is 6.65. The minimum atomic E-state index is -0.568. The van der Waals surface area contributed by atoms with Crippen LogP contribution in [0.25, 0.3) is 22.8 Å². The van der Waals surface area contributed by atoms with Gasteiger partial charge >= 0.3 is 0 Å². The highest BCUT2D eigenvalue weighted by Gasteiger charge is 2.20. The van der Waals surface area contributed by atoms with Gasteiger partial charge in [-0.15, -0.1) is 5.10 Å². The van der Waals surface area contributed by atoms with Crippen molar-refractivity contribution in [2.24, 2.45) is 5.73 Å². The van der Waals surface area contributed by atoms with Crippen molar-refractivity contribution < 1.29 is 4.79 Å². The van der Waals surface area contributed by atoms with Gasteiger partial charge in [0.05, 0.1) is 22.3 Å². The maximum Gasteiger partial charge on any atom is 0.267 e. The zero-order valence-corrected chi connectivity index (χ0v) is 22.9. The van der Waals surface area contributed by atoms with E-state index in [9.17, 15) is 9.59 Å². The lowest BCUT2D eigenvalue weighted by Gasteiger charge is -2.13. The second-order valence-electron chi connectivity index (χ2n) is 7.80. The van der Waals surface area contributed by atoms with Crippen LogP contribution in [0, 0.1) is 11.8 Å². The molecule has 0 bridgehead atoms. The second-order valence-corrected chi connectivity index (χ2v) is 10.2. The third-order valence-electron chi connectivity index (χ3n) is 5.47. The molecule has 11 heteroatoms. The fourth-order valence-corrected chi connectivity index (χ4v) is 4.49. The maximum atomic E-state index is 13.2. The number of aryl methyl sites for hydroxylation is 1. The molecule has 2 aromatic heterocycles. The number of nitrogens with two attached hydrogens (primary N) is 2. The topological polar surface area (TPSA) is 134 Å². The zero-order chi connectivity index (χ0) is 26.4.